The molecule has 0 saturated carbocycles. The van der Waals surface area contributed by atoms with Gasteiger partial charge < -0.3 is 39.4 Å². The van der Waals surface area contributed by atoms with E-state index in [0.717, 1.165) is 53.6 Å². The Hall–Kier alpha value is -6.11. The monoisotopic (exact) mass is 745 g/mol. The molecule has 2 unspecified atom stereocenters. The van der Waals surface area contributed by atoms with Gasteiger partial charge in [-0.2, -0.15) is 0 Å². The number of nitrogens with zero attached hydrogens (tertiary/aromatic N) is 2. The van der Waals surface area contributed by atoms with Crippen molar-refractivity contribution in [3.05, 3.63) is 118 Å². The first-order chi connectivity index (χ1) is 26.7. The molecular formula is C42H43N5O8. The van der Waals surface area contributed by atoms with E-state index in [2.05, 4.69) is 27.9 Å². The van der Waals surface area contributed by atoms with Gasteiger partial charge in [-0.05, 0) is 41.2 Å². The highest BCUT2D eigenvalue weighted by molar-refractivity contribution is 5.88. The Morgan fingerprint density at radius 2 is 1.78 bits per heavy atom. The number of carboxylic acid groups (broad SMARTS) is 1. The number of nitrogens with one attached hydrogen (secondary N) is 3. The van der Waals surface area contributed by atoms with Crippen LogP contribution in [-0.4, -0.2) is 45.3 Å². The van der Waals surface area contributed by atoms with Crippen molar-refractivity contribution in [2.24, 2.45) is 5.92 Å². The molecule has 55 heavy (non-hydrogen) atoms. The van der Waals surface area contributed by atoms with Crippen molar-refractivity contribution in [3.8, 4) is 17.3 Å². The summed E-state index contributed by atoms with van der Waals surface area (Å²) in [6.45, 7) is 5.99. The number of oxazole rings is 2. The molecule has 2 amide bonds. The third-order valence-electron chi connectivity index (χ3n) is 10.6. The van der Waals surface area contributed by atoms with Crippen LogP contribution in [0.3, 0.4) is 0 Å². The molecule has 0 aliphatic carbocycles. The summed E-state index contributed by atoms with van der Waals surface area (Å²) < 4.78 is 25.4. The van der Waals surface area contributed by atoms with Gasteiger partial charge in [0, 0.05) is 24.1 Å². The predicted octanol–water partition coefficient (Wildman–Crippen LogP) is 7.29. The lowest BCUT2D eigenvalue weighted by Gasteiger charge is -2.28. The number of aromatic nitrogens is 2. The Balaban J connectivity index is 1.27. The second-order valence-corrected chi connectivity index (χ2v) is 14.7. The maximum absolute atomic E-state index is 14.2. The maximum atomic E-state index is 14.2. The number of ether oxygens (including phenoxy) is 2. The number of alkyl carbamates (subject to hydrolysis) is 1. The maximum Gasteiger partial charge on any atom is 0.408 e. The Kier molecular flexibility index (Phi) is 9.54. The Morgan fingerprint density at radius 1 is 0.982 bits per heavy atom. The van der Waals surface area contributed by atoms with E-state index in [1.54, 1.807) is 0 Å². The minimum absolute atomic E-state index is 0.000545. The zero-order valence-corrected chi connectivity index (χ0v) is 30.9. The molecule has 2 aromatic heterocycles. The standard InChI is InChI=1S/C42H43N5O8/c1-4-5-6-10-17-31-33(39(49)50)46-38(53-31)34-35-42-26-15-11-12-16-28(26)43-40(42)54-30-19-18-25(20-27(30)42)21-29(36(48)45-32(23(2)3)37(47-34)55-35)44-41(51)52-22-24-13-8-7-9-14-24/h7-9,11-16,18-20,23,29,32,40,43H,4-6,10,17,21-22H2,1-3H3,(H,44,51)(H,45,48)(H,49,50)/t29-,32-,40?,42?/m0/s1. The van der Waals surface area contributed by atoms with Gasteiger partial charge in [0.15, 0.2) is 23.4 Å². The van der Waals surface area contributed by atoms with Crippen molar-refractivity contribution in [2.45, 2.75) is 89.6 Å². The molecule has 3 aliphatic heterocycles. The van der Waals surface area contributed by atoms with E-state index in [0.29, 0.717) is 17.9 Å². The Morgan fingerprint density at radius 3 is 2.56 bits per heavy atom. The first kappa shape index (κ1) is 35.9. The first-order valence-corrected chi connectivity index (χ1v) is 18.9. The number of carbonyl (C=O) groups is 3. The fraction of sp³-hybridized carbons (Fsp3) is 0.357. The number of rotatable bonds is 11. The molecule has 0 fully saturated rings. The largest absolute Gasteiger partial charge is 0.476 e. The molecule has 5 heterocycles. The smallest absolute Gasteiger partial charge is 0.408 e. The Labute approximate surface area is 317 Å². The van der Waals surface area contributed by atoms with Crippen molar-refractivity contribution in [3.63, 3.8) is 0 Å². The number of aryl methyl sites for hydroxylation is 1. The number of hydrogen-bond donors (Lipinski definition) is 4. The number of carboxylic acids is 1. The first-order valence-electron chi connectivity index (χ1n) is 18.9. The molecule has 0 radical (unpaired) electrons. The highest BCUT2D eigenvalue weighted by Crippen LogP contribution is 2.59. The van der Waals surface area contributed by atoms with Crippen LogP contribution in [0.25, 0.3) is 11.6 Å². The van der Waals surface area contributed by atoms with E-state index in [9.17, 15) is 19.5 Å². The van der Waals surface area contributed by atoms with Crippen LogP contribution in [0.2, 0.25) is 0 Å². The molecule has 4 N–H and O–H groups in total. The second-order valence-electron chi connectivity index (χ2n) is 14.7. The number of para-hydroxylation sites is 1. The van der Waals surface area contributed by atoms with Gasteiger partial charge in [-0.15, -0.1) is 0 Å². The zero-order valence-electron chi connectivity index (χ0n) is 30.9. The van der Waals surface area contributed by atoms with Crippen molar-refractivity contribution in [1.82, 2.24) is 20.6 Å². The van der Waals surface area contributed by atoms with Crippen LogP contribution >= 0.6 is 0 Å². The second kappa shape index (κ2) is 14.6. The molecule has 1 spiro atoms. The number of fused-ring (bicyclic) bond motifs is 4. The van der Waals surface area contributed by atoms with Crippen molar-refractivity contribution in [2.75, 3.05) is 5.32 Å². The van der Waals surface area contributed by atoms with Gasteiger partial charge in [0.2, 0.25) is 17.7 Å². The number of benzene rings is 3. The molecule has 13 nitrogen and oxygen atoms in total. The SMILES string of the molecule is CCCCCCc1oc(-c2nc3oc2C24c5ccccc5NC2Oc2ccc(cc24)C[C@H](NC(=O)OCc2ccccc2)C(=O)N[C@H]3C(C)C)nc1C(=O)O. The van der Waals surface area contributed by atoms with Crippen LogP contribution in [-0.2, 0) is 34.4 Å². The molecule has 3 aromatic carbocycles. The number of unbranched alkanes of at least 4 members (excludes halogenated alkanes) is 3. The molecule has 0 saturated heterocycles. The van der Waals surface area contributed by atoms with E-state index < -0.39 is 41.7 Å². The summed E-state index contributed by atoms with van der Waals surface area (Å²) in [7, 11) is 0. The van der Waals surface area contributed by atoms with Crippen molar-refractivity contribution >= 4 is 23.7 Å². The van der Waals surface area contributed by atoms with Crippen molar-refractivity contribution in [1.29, 1.82) is 0 Å². The molecule has 3 aliphatic rings. The van der Waals surface area contributed by atoms with E-state index in [4.69, 9.17) is 23.3 Å². The van der Waals surface area contributed by atoms with Crippen LogP contribution in [0.4, 0.5) is 10.5 Å². The van der Waals surface area contributed by atoms with Gasteiger partial charge in [0.1, 0.15) is 35.6 Å². The van der Waals surface area contributed by atoms with Crippen LogP contribution in [0, 0.1) is 5.92 Å². The van der Waals surface area contributed by atoms with Gasteiger partial charge in [-0.3, -0.25) is 4.79 Å². The van der Waals surface area contributed by atoms with E-state index in [1.165, 1.54) is 0 Å². The predicted molar refractivity (Wildman–Crippen MR) is 201 cm³/mol. The van der Waals surface area contributed by atoms with E-state index in [-0.39, 0.29) is 47.9 Å². The quantitative estimate of drug-likeness (QED) is 0.0998. The average Bonchev–Trinajstić information content (AvgIpc) is 3.94. The summed E-state index contributed by atoms with van der Waals surface area (Å²) in [6, 6.07) is 21.0. The molecule has 4 bridgehead atoms. The molecule has 284 valence electrons. The summed E-state index contributed by atoms with van der Waals surface area (Å²) >= 11 is 0. The number of amides is 2. The van der Waals surface area contributed by atoms with Gasteiger partial charge in [-0.1, -0.05) is 101 Å². The average molecular weight is 746 g/mol. The minimum Gasteiger partial charge on any atom is -0.476 e. The fourth-order valence-electron chi connectivity index (χ4n) is 7.86. The number of carbonyl (C=O) groups excluding carboxylic acids is 2. The summed E-state index contributed by atoms with van der Waals surface area (Å²) in [4.78, 5) is 49.4. The molecular weight excluding hydrogens is 702 g/mol. The highest BCUT2D eigenvalue weighted by Gasteiger charge is 2.61. The summed E-state index contributed by atoms with van der Waals surface area (Å²) in [5.74, 6) is -0.542. The third kappa shape index (κ3) is 6.47. The zero-order chi connectivity index (χ0) is 38.3. The lowest BCUT2D eigenvalue weighted by Crippen LogP contribution is -2.49. The van der Waals surface area contributed by atoms with Crippen LogP contribution in [0.1, 0.15) is 103 Å². The summed E-state index contributed by atoms with van der Waals surface area (Å²) in [5.41, 5.74) is 2.88. The number of hydrogen-bond acceptors (Lipinski definition) is 10. The van der Waals surface area contributed by atoms with Gasteiger partial charge >= 0.3 is 12.1 Å². The van der Waals surface area contributed by atoms with Gasteiger partial charge in [0.05, 0.1) is 0 Å². The highest BCUT2D eigenvalue weighted by atomic mass is 16.5. The van der Waals surface area contributed by atoms with Gasteiger partial charge in [-0.25, -0.2) is 19.6 Å². The molecule has 13 heteroatoms. The third-order valence-corrected chi connectivity index (χ3v) is 10.6. The number of anilines is 1. The fourth-order valence-corrected chi connectivity index (χ4v) is 7.86. The molecule has 5 aromatic rings. The summed E-state index contributed by atoms with van der Waals surface area (Å²) in [6.07, 6.45) is 2.83. The van der Waals surface area contributed by atoms with E-state index in [1.807, 2.05) is 86.6 Å². The normalized spacial score (nSPS) is 20.7. The van der Waals surface area contributed by atoms with Crippen LogP contribution in [0.15, 0.2) is 81.6 Å². The van der Waals surface area contributed by atoms with E-state index >= 15 is 0 Å². The van der Waals surface area contributed by atoms with Crippen LogP contribution < -0.4 is 20.7 Å². The molecule has 4 atom stereocenters. The Bertz CT molecular complexity index is 2250. The lowest BCUT2D eigenvalue weighted by molar-refractivity contribution is -0.124. The minimum atomic E-state index is -1.20. The van der Waals surface area contributed by atoms with Crippen LogP contribution in [0.5, 0.6) is 5.75 Å². The summed E-state index contributed by atoms with van der Waals surface area (Å²) in [5, 5.41) is 19.6. The van der Waals surface area contributed by atoms with Gasteiger partial charge in [0.25, 0.3) is 0 Å². The lowest BCUT2D eigenvalue weighted by atomic mass is 9.72. The molecule has 8 rings (SSSR count). The number of aromatic carboxylic acids is 1. The van der Waals surface area contributed by atoms with Crippen molar-refractivity contribution < 1.29 is 37.8 Å². The topological polar surface area (TPSA) is 178 Å².